The molecule has 1 aromatic heterocycles. The van der Waals surface area contributed by atoms with Gasteiger partial charge in [-0.15, -0.1) is 0 Å². The lowest BCUT2D eigenvalue weighted by Crippen LogP contribution is -2.22. The second kappa shape index (κ2) is 9.03. The molecule has 0 spiro atoms. The summed E-state index contributed by atoms with van der Waals surface area (Å²) in [5.41, 5.74) is 3.31. The third-order valence-electron chi connectivity index (χ3n) is 3.94. The Morgan fingerprint density at radius 2 is 1.88 bits per heavy atom. The Kier molecular flexibility index (Phi) is 6.75. The fourth-order valence-corrected chi connectivity index (χ4v) is 2.41. The first-order valence-electron chi connectivity index (χ1n) is 8.35. The molecule has 0 saturated heterocycles. The van der Waals surface area contributed by atoms with Gasteiger partial charge in [-0.3, -0.25) is 14.4 Å². The van der Waals surface area contributed by atoms with Crippen LogP contribution < -0.4 is 5.32 Å². The van der Waals surface area contributed by atoms with E-state index in [0.29, 0.717) is 6.54 Å². The summed E-state index contributed by atoms with van der Waals surface area (Å²) in [6, 6.07) is 8.41. The maximum Gasteiger partial charge on any atom is 0.244 e. The molecule has 128 valence electrons. The van der Waals surface area contributed by atoms with E-state index in [1.54, 1.807) is 17.0 Å². The highest BCUT2D eigenvalue weighted by Crippen LogP contribution is 2.07. The fraction of sp³-hybridized carbons (Fsp3) is 0.368. The normalized spacial score (nSPS) is 11.3. The summed E-state index contributed by atoms with van der Waals surface area (Å²) in [4.78, 5) is 14.2. The lowest BCUT2D eigenvalue weighted by atomic mass is 10.1. The lowest BCUT2D eigenvalue weighted by molar-refractivity contribution is -0.116. The van der Waals surface area contributed by atoms with Crippen LogP contribution in [0.3, 0.4) is 0 Å². The van der Waals surface area contributed by atoms with Crippen molar-refractivity contribution in [2.45, 2.75) is 26.9 Å². The molecule has 0 aliphatic rings. The van der Waals surface area contributed by atoms with Crippen molar-refractivity contribution < 1.29 is 4.79 Å². The molecule has 24 heavy (non-hydrogen) atoms. The summed E-state index contributed by atoms with van der Waals surface area (Å²) in [6.45, 7) is 7.95. The second-order valence-corrected chi connectivity index (χ2v) is 5.78. The molecule has 0 unspecified atom stereocenters. The molecule has 0 saturated carbocycles. The van der Waals surface area contributed by atoms with Crippen molar-refractivity contribution >= 4 is 12.0 Å². The van der Waals surface area contributed by atoms with E-state index in [2.05, 4.69) is 53.4 Å². The van der Waals surface area contributed by atoms with Crippen molar-refractivity contribution in [1.82, 2.24) is 20.0 Å². The third kappa shape index (κ3) is 5.66. The predicted octanol–water partition coefficient (Wildman–Crippen LogP) is 2.59. The molecule has 0 aliphatic heterocycles. The Morgan fingerprint density at radius 1 is 1.21 bits per heavy atom. The molecule has 2 rings (SSSR count). The van der Waals surface area contributed by atoms with E-state index in [4.69, 9.17) is 0 Å². The lowest BCUT2D eigenvalue weighted by Gasteiger charge is -2.18. The monoisotopic (exact) mass is 326 g/mol. The van der Waals surface area contributed by atoms with Crippen molar-refractivity contribution in [3.63, 3.8) is 0 Å². The average molecular weight is 326 g/mol. The Balaban J connectivity index is 1.81. The standard InChI is InChI=1S/C19H26N4O/c1-4-23(5-2)15-17-8-6-16(7-9-17)12-20-19(24)11-10-18-13-21-22(3)14-18/h6-11,13-14H,4-5,12,15H2,1-3H3,(H,20,24). The van der Waals surface area contributed by atoms with Crippen LogP contribution in [0.5, 0.6) is 0 Å². The van der Waals surface area contributed by atoms with Crippen LogP contribution in [0.1, 0.15) is 30.5 Å². The first-order valence-corrected chi connectivity index (χ1v) is 8.35. The molecule has 1 aromatic carbocycles. The number of nitrogens with one attached hydrogen (secondary N) is 1. The van der Waals surface area contributed by atoms with Gasteiger partial charge >= 0.3 is 0 Å². The molecular weight excluding hydrogens is 300 g/mol. The molecule has 0 bridgehead atoms. The first-order chi connectivity index (χ1) is 11.6. The number of benzene rings is 1. The Morgan fingerprint density at radius 3 is 2.46 bits per heavy atom. The topological polar surface area (TPSA) is 50.2 Å². The molecule has 1 N–H and O–H groups in total. The molecule has 0 radical (unpaired) electrons. The highest BCUT2D eigenvalue weighted by Gasteiger charge is 2.02. The number of aromatic nitrogens is 2. The van der Waals surface area contributed by atoms with E-state index in [0.717, 1.165) is 30.8 Å². The van der Waals surface area contributed by atoms with Crippen LogP contribution in [-0.2, 0) is 24.9 Å². The minimum absolute atomic E-state index is 0.105. The zero-order chi connectivity index (χ0) is 17.4. The van der Waals surface area contributed by atoms with Gasteiger partial charge in [0.2, 0.25) is 5.91 Å². The Hall–Kier alpha value is -2.40. The van der Waals surface area contributed by atoms with Crippen LogP contribution in [0.25, 0.3) is 6.08 Å². The quantitative estimate of drug-likeness (QED) is 0.759. The van der Waals surface area contributed by atoms with Gasteiger partial charge in [0, 0.05) is 38.0 Å². The number of amides is 1. The van der Waals surface area contributed by atoms with E-state index in [9.17, 15) is 4.79 Å². The maximum absolute atomic E-state index is 11.9. The van der Waals surface area contributed by atoms with Gasteiger partial charge in [0.1, 0.15) is 0 Å². The summed E-state index contributed by atoms with van der Waals surface area (Å²) >= 11 is 0. The highest BCUT2D eigenvalue weighted by atomic mass is 16.1. The zero-order valence-corrected chi connectivity index (χ0v) is 14.7. The maximum atomic E-state index is 11.9. The summed E-state index contributed by atoms with van der Waals surface area (Å²) < 4.78 is 1.71. The number of carbonyl (C=O) groups excluding carboxylic acids is 1. The van der Waals surface area contributed by atoms with E-state index in [1.165, 1.54) is 11.6 Å². The number of aryl methyl sites for hydroxylation is 1. The van der Waals surface area contributed by atoms with Crippen molar-refractivity contribution in [2.75, 3.05) is 13.1 Å². The Bertz CT molecular complexity index is 669. The molecule has 2 aromatic rings. The van der Waals surface area contributed by atoms with Gasteiger partial charge in [0.15, 0.2) is 0 Å². The zero-order valence-electron chi connectivity index (χ0n) is 14.7. The van der Waals surface area contributed by atoms with Crippen LogP contribution in [0.4, 0.5) is 0 Å². The Labute approximate surface area is 144 Å². The third-order valence-corrected chi connectivity index (χ3v) is 3.94. The number of rotatable bonds is 8. The van der Waals surface area contributed by atoms with Gasteiger partial charge in [-0.25, -0.2) is 0 Å². The second-order valence-electron chi connectivity index (χ2n) is 5.78. The molecule has 0 aliphatic carbocycles. The fourth-order valence-electron chi connectivity index (χ4n) is 2.41. The molecule has 1 heterocycles. The van der Waals surface area contributed by atoms with Gasteiger partial charge in [0.25, 0.3) is 0 Å². The first kappa shape index (κ1) is 17.9. The summed E-state index contributed by atoms with van der Waals surface area (Å²) in [5.74, 6) is -0.105. The SMILES string of the molecule is CCN(CC)Cc1ccc(CNC(=O)C=Cc2cnn(C)c2)cc1. The van der Waals surface area contributed by atoms with Crippen LogP contribution in [0.15, 0.2) is 42.7 Å². The average Bonchev–Trinajstić information content (AvgIpc) is 3.02. The molecule has 5 nitrogen and oxygen atoms in total. The van der Waals surface area contributed by atoms with Gasteiger partial charge < -0.3 is 5.32 Å². The summed E-state index contributed by atoms with van der Waals surface area (Å²) in [5, 5.41) is 6.95. The van der Waals surface area contributed by atoms with Crippen molar-refractivity contribution in [1.29, 1.82) is 0 Å². The number of carbonyl (C=O) groups is 1. The molecular formula is C19H26N4O. The minimum atomic E-state index is -0.105. The van der Waals surface area contributed by atoms with Crippen molar-refractivity contribution in [3.8, 4) is 0 Å². The number of hydrogen-bond acceptors (Lipinski definition) is 3. The van der Waals surface area contributed by atoms with E-state index in [-0.39, 0.29) is 5.91 Å². The van der Waals surface area contributed by atoms with Crippen LogP contribution >= 0.6 is 0 Å². The van der Waals surface area contributed by atoms with E-state index < -0.39 is 0 Å². The number of nitrogens with zero attached hydrogens (tertiary/aromatic N) is 3. The smallest absolute Gasteiger partial charge is 0.244 e. The van der Waals surface area contributed by atoms with Crippen molar-refractivity contribution in [3.05, 3.63) is 59.4 Å². The van der Waals surface area contributed by atoms with Gasteiger partial charge in [-0.2, -0.15) is 5.10 Å². The van der Waals surface area contributed by atoms with E-state index >= 15 is 0 Å². The molecule has 0 fully saturated rings. The largest absolute Gasteiger partial charge is 0.348 e. The summed E-state index contributed by atoms with van der Waals surface area (Å²) in [6.07, 6.45) is 6.87. The van der Waals surface area contributed by atoms with Gasteiger partial charge in [-0.05, 0) is 30.3 Å². The van der Waals surface area contributed by atoms with Gasteiger partial charge in [-0.1, -0.05) is 38.1 Å². The van der Waals surface area contributed by atoms with E-state index in [1.807, 2.05) is 13.2 Å². The van der Waals surface area contributed by atoms with Gasteiger partial charge in [0.05, 0.1) is 6.20 Å². The number of hydrogen-bond donors (Lipinski definition) is 1. The molecule has 0 atom stereocenters. The van der Waals surface area contributed by atoms with Crippen LogP contribution in [0, 0.1) is 0 Å². The minimum Gasteiger partial charge on any atom is -0.348 e. The predicted molar refractivity (Wildman–Crippen MR) is 97.2 cm³/mol. The molecule has 5 heteroatoms. The molecule has 1 amide bonds. The van der Waals surface area contributed by atoms with Crippen LogP contribution in [-0.4, -0.2) is 33.7 Å². The van der Waals surface area contributed by atoms with Crippen LogP contribution in [0.2, 0.25) is 0 Å². The summed E-state index contributed by atoms with van der Waals surface area (Å²) in [7, 11) is 1.85. The van der Waals surface area contributed by atoms with Crippen molar-refractivity contribution in [2.24, 2.45) is 7.05 Å². The highest BCUT2D eigenvalue weighted by molar-refractivity contribution is 5.91.